The molecule has 0 bridgehead atoms. The molecule has 0 spiro atoms. The molecule has 0 saturated heterocycles. The lowest BCUT2D eigenvalue weighted by atomic mass is 10.0. The van der Waals surface area contributed by atoms with Gasteiger partial charge in [0.15, 0.2) is 6.10 Å². The first-order chi connectivity index (χ1) is 37.5. The molecule has 0 aromatic rings. The third-order valence-corrected chi connectivity index (χ3v) is 14.8. The molecule has 0 aliphatic rings. The van der Waals surface area contributed by atoms with Gasteiger partial charge < -0.3 is 14.2 Å². The molecule has 0 amide bonds. The Balaban J connectivity index is 4.34. The van der Waals surface area contributed by atoms with Crippen molar-refractivity contribution in [3.8, 4) is 0 Å². The summed E-state index contributed by atoms with van der Waals surface area (Å²) in [5.41, 5.74) is 0. The number of rotatable bonds is 61. The number of carbonyl (C=O) groups is 3. The maximum Gasteiger partial charge on any atom is 0.306 e. The summed E-state index contributed by atoms with van der Waals surface area (Å²) in [4.78, 5) is 38.3. The minimum Gasteiger partial charge on any atom is -0.462 e. The molecule has 0 saturated carbocycles. The molecule has 0 aliphatic carbocycles. The molecule has 1 atom stereocenters. The molecule has 0 N–H and O–H groups in total. The van der Waals surface area contributed by atoms with E-state index in [4.69, 9.17) is 14.2 Å². The van der Waals surface area contributed by atoms with Crippen LogP contribution in [-0.4, -0.2) is 37.2 Å². The third-order valence-electron chi connectivity index (χ3n) is 14.8. The van der Waals surface area contributed by atoms with Gasteiger partial charge in [-0.25, -0.2) is 0 Å². The highest BCUT2D eigenvalue weighted by molar-refractivity contribution is 5.71. The van der Waals surface area contributed by atoms with Crippen LogP contribution < -0.4 is 0 Å². The Morgan fingerprint density at radius 1 is 0.276 bits per heavy atom. The van der Waals surface area contributed by atoms with Crippen molar-refractivity contribution in [1.29, 1.82) is 0 Å². The molecule has 6 nitrogen and oxygen atoms in total. The second-order valence-corrected chi connectivity index (χ2v) is 22.4. The highest BCUT2D eigenvalue weighted by atomic mass is 16.6. The average molecular weight is 1060 g/mol. The molecule has 1 unspecified atom stereocenters. The molecular weight excluding hydrogens is 937 g/mol. The largest absolute Gasteiger partial charge is 0.462 e. The van der Waals surface area contributed by atoms with Gasteiger partial charge in [-0.15, -0.1) is 0 Å². The molecule has 0 aromatic carbocycles. The Morgan fingerprint density at radius 3 is 0.842 bits per heavy atom. The molecule has 0 aromatic heterocycles. The van der Waals surface area contributed by atoms with Gasteiger partial charge in [0.1, 0.15) is 13.2 Å². The molecule has 0 fully saturated rings. The highest BCUT2D eigenvalue weighted by Crippen LogP contribution is 2.18. The lowest BCUT2D eigenvalue weighted by Gasteiger charge is -2.18. The Morgan fingerprint density at radius 2 is 0.513 bits per heavy atom. The molecule has 0 aliphatic heterocycles. The summed E-state index contributed by atoms with van der Waals surface area (Å²) in [6, 6.07) is 0. The van der Waals surface area contributed by atoms with Gasteiger partial charge in [-0.2, -0.15) is 0 Å². The van der Waals surface area contributed by atoms with Gasteiger partial charge in [-0.1, -0.05) is 306 Å². The van der Waals surface area contributed by atoms with Crippen LogP contribution in [-0.2, 0) is 28.6 Å². The maximum atomic E-state index is 12.9. The molecule has 0 rings (SSSR count). The van der Waals surface area contributed by atoms with Gasteiger partial charge in [0.05, 0.1) is 0 Å². The quantitative estimate of drug-likeness (QED) is 0.0261. The summed E-state index contributed by atoms with van der Waals surface area (Å²) < 4.78 is 16.9. The van der Waals surface area contributed by atoms with E-state index >= 15 is 0 Å². The number of hydrogen-bond acceptors (Lipinski definition) is 6. The Bertz CT molecular complexity index is 1360. The average Bonchev–Trinajstić information content (AvgIpc) is 3.42. The van der Waals surface area contributed by atoms with Gasteiger partial charge in [-0.05, 0) is 83.5 Å². The summed E-state index contributed by atoms with van der Waals surface area (Å²) >= 11 is 0. The van der Waals surface area contributed by atoms with Crippen molar-refractivity contribution in [1.82, 2.24) is 0 Å². The van der Waals surface area contributed by atoms with Crippen LogP contribution in [0.4, 0.5) is 0 Å². The summed E-state index contributed by atoms with van der Waals surface area (Å²) in [6.45, 7) is 6.55. The van der Waals surface area contributed by atoms with Crippen LogP contribution in [0, 0.1) is 0 Å². The SMILES string of the molecule is CC/C=C\C/C=C\C/C=C\C/C=C\CCCCC(=O)OCC(COC(=O)CCCCCCCCCCCCCCCCCCCCCCCC)OC(=O)CCCCCCCCCCC/C=C\CCCCCCCCCC. The summed E-state index contributed by atoms with van der Waals surface area (Å²) in [5.74, 6) is -0.910. The number of allylic oxidation sites excluding steroid dienone is 10. The van der Waals surface area contributed by atoms with Crippen LogP contribution in [0.25, 0.3) is 0 Å². The first-order valence-corrected chi connectivity index (χ1v) is 33.3. The van der Waals surface area contributed by atoms with E-state index in [1.165, 1.54) is 225 Å². The smallest absolute Gasteiger partial charge is 0.306 e. The van der Waals surface area contributed by atoms with E-state index in [0.29, 0.717) is 19.3 Å². The monoisotopic (exact) mass is 1060 g/mol. The first-order valence-electron chi connectivity index (χ1n) is 33.3. The molecule has 76 heavy (non-hydrogen) atoms. The second kappa shape index (κ2) is 64.6. The number of ether oxygens (including phenoxy) is 3. The predicted molar refractivity (Wildman–Crippen MR) is 330 cm³/mol. The normalized spacial score (nSPS) is 12.4. The Kier molecular flexibility index (Phi) is 62.2. The third kappa shape index (κ3) is 62.0. The van der Waals surface area contributed by atoms with Crippen molar-refractivity contribution in [3.05, 3.63) is 60.8 Å². The van der Waals surface area contributed by atoms with E-state index < -0.39 is 6.10 Å². The minimum atomic E-state index is -0.792. The van der Waals surface area contributed by atoms with Gasteiger partial charge in [0.2, 0.25) is 0 Å². The number of unbranched alkanes of at least 4 members (excludes halogenated alkanes) is 40. The van der Waals surface area contributed by atoms with Crippen molar-refractivity contribution in [2.24, 2.45) is 0 Å². The number of hydrogen-bond donors (Lipinski definition) is 0. The standard InChI is InChI=1S/C70H126O6/c1-4-7-10-13-16-19-22-25-28-30-32-34-36-37-39-42-45-48-51-54-57-60-63-69(72)75-66-67(65-74-68(71)62-59-56-53-50-47-44-41-27-24-21-18-15-12-9-6-3)76-70(73)64-61-58-55-52-49-46-43-40-38-35-33-31-29-26-23-20-17-14-11-8-5-2/h9,12,18,21,27,31,33,41,47,50,67H,4-8,10-11,13-17,19-20,22-26,28-30,32,34-40,42-46,48-49,51-66H2,1-3H3/b12-9-,21-18-,33-31-,41-27-,50-47-. The van der Waals surface area contributed by atoms with Gasteiger partial charge >= 0.3 is 17.9 Å². The van der Waals surface area contributed by atoms with Crippen LogP contribution >= 0.6 is 0 Å². The van der Waals surface area contributed by atoms with Crippen molar-refractivity contribution in [2.45, 2.75) is 354 Å². The van der Waals surface area contributed by atoms with Crippen molar-refractivity contribution < 1.29 is 28.6 Å². The van der Waals surface area contributed by atoms with Crippen molar-refractivity contribution >= 4 is 17.9 Å². The fourth-order valence-corrected chi connectivity index (χ4v) is 9.79. The van der Waals surface area contributed by atoms with Crippen LogP contribution in [0.15, 0.2) is 60.8 Å². The van der Waals surface area contributed by atoms with E-state index in [1.54, 1.807) is 0 Å². The van der Waals surface area contributed by atoms with E-state index in [9.17, 15) is 14.4 Å². The van der Waals surface area contributed by atoms with E-state index in [1.807, 2.05) is 0 Å². The molecule has 0 heterocycles. The van der Waals surface area contributed by atoms with E-state index in [-0.39, 0.29) is 31.1 Å². The van der Waals surface area contributed by atoms with Crippen molar-refractivity contribution in [2.75, 3.05) is 13.2 Å². The molecule has 0 radical (unpaired) electrons. The van der Waals surface area contributed by atoms with Crippen LogP contribution in [0.2, 0.25) is 0 Å². The zero-order valence-electron chi connectivity index (χ0n) is 50.8. The molecule has 6 heteroatoms. The number of carbonyl (C=O) groups excluding carboxylic acids is 3. The predicted octanol–water partition coefficient (Wildman–Crippen LogP) is 22.7. The van der Waals surface area contributed by atoms with Crippen molar-refractivity contribution in [3.63, 3.8) is 0 Å². The number of esters is 3. The fourth-order valence-electron chi connectivity index (χ4n) is 9.79. The fraction of sp³-hybridized carbons (Fsp3) is 0.814. The lowest BCUT2D eigenvalue weighted by Crippen LogP contribution is -2.30. The Labute approximate surface area is 472 Å². The first kappa shape index (κ1) is 73.1. The van der Waals surface area contributed by atoms with E-state index in [2.05, 4.69) is 81.5 Å². The zero-order valence-corrected chi connectivity index (χ0v) is 50.8. The van der Waals surface area contributed by atoms with Crippen LogP contribution in [0.5, 0.6) is 0 Å². The topological polar surface area (TPSA) is 78.9 Å². The van der Waals surface area contributed by atoms with E-state index in [0.717, 1.165) is 83.5 Å². The van der Waals surface area contributed by atoms with Crippen LogP contribution in [0.3, 0.4) is 0 Å². The minimum absolute atomic E-state index is 0.0847. The maximum absolute atomic E-state index is 12.9. The summed E-state index contributed by atoms with van der Waals surface area (Å²) in [6.07, 6.45) is 82.4. The molecular formula is C70H126O6. The van der Waals surface area contributed by atoms with Gasteiger partial charge in [0.25, 0.3) is 0 Å². The highest BCUT2D eigenvalue weighted by Gasteiger charge is 2.19. The molecule has 442 valence electrons. The lowest BCUT2D eigenvalue weighted by molar-refractivity contribution is -0.167. The Hall–Kier alpha value is -2.89. The van der Waals surface area contributed by atoms with Gasteiger partial charge in [0, 0.05) is 19.3 Å². The second-order valence-electron chi connectivity index (χ2n) is 22.4. The van der Waals surface area contributed by atoms with Crippen LogP contribution in [0.1, 0.15) is 348 Å². The summed E-state index contributed by atoms with van der Waals surface area (Å²) in [7, 11) is 0. The summed E-state index contributed by atoms with van der Waals surface area (Å²) in [5, 5.41) is 0. The van der Waals surface area contributed by atoms with Gasteiger partial charge in [-0.3, -0.25) is 14.4 Å². The zero-order chi connectivity index (χ0) is 55.0.